The van der Waals surface area contributed by atoms with Gasteiger partial charge in [0.25, 0.3) is 0 Å². The molecule has 0 aromatic carbocycles. The summed E-state index contributed by atoms with van der Waals surface area (Å²) in [5, 5.41) is 12.2. The predicted molar refractivity (Wildman–Crippen MR) is 43.2 cm³/mol. The Labute approximate surface area is 69.3 Å². The molecule has 0 bridgehead atoms. The summed E-state index contributed by atoms with van der Waals surface area (Å²) in [5.74, 6) is 0. The molecule has 1 atom stereocenters. The van der Waals surface area contributed by atoms with E-state index in [9.17, 15) is 0 Å². The second-order valence-electron chi connectivity index (χ2n) is 2.25. The van der Waals surface area contributed by atoms with E-state index >= 15 is 0 Å². The molecule has 0 saturated heterocycles. The van der Waals surface area contributed by atoms with Gasteiger partial charge in [-0.2, -0.15) is 0 Å². The lowest BCUT2D eigenvalue weighted by Gasteiger charge is -2.04. The Morgan fingerprint density at radius 1 is 1.73 bits per heavy atom. The Balaban J connectivity index is 2.56. The van der Waals surface area contributed by atoms with Crippen molar-refractivity contribution in [3.8, 4) is 0 Å². The summed E-state index contributed by atoms with van der Waals surface area (Å²) >= 11 is 1.58. The van der Waals surface area contributed by atoms with E-state index in [1.807, 2.05) is 14.0 Å². The molecule has 1 rings (SSSR count). The minimum atomic E-state index is 0.361. The summed E-state index contributed by atoms with van der Waals surface area (Å²) in [6, 6.07) is 0. The molecule has 0 aliphatic rings. The summed E-state index contributed by atoms with van der Waals surface area (Å²) in [6.45, 7) is 2.68. The summed E-state index contributed by atoms with van der Waals surface area (Å²) in [5.41, 5.74) is 5.44. The third-order valence-electron chi connectivity index (χ3n) is 1.22. The van der Waals surface area contributed by atoms with E-state index in [1.54, 1.807) is 16.4 Å². The Hall–Kier alpha value is -0.620. The monoisotopic (exact) mass is 173 g/mol. The van der Waals surface area contributed by atoms with E-state index < -0.39 is 0 Å². The number of rotatable bonds is 3. The molecule has 0 aliphatic heterocycles. The highest BCUT2D eigenvalue weighted by Crippen LogP contribution is 2.17. The molecule has 1 aromatic heterocycles. The molecular weight excluding hydrogens is 162 g/mol. The second kappa shape index (κ2) is 3.68. The minimum absolute atomic E-state index is 0.361. The quantitative estimate of drug-likeness (QED) is 0.633. The van der Waals surface area contributed by atoms with Crippen LogP contribution in [0.15, 0.2) is 5.16 Å². The Morgan fingerprint density at radius 2 is 2.45 bits per heavy atom. The highest BCUT2D eigenvalue weighted by Gasteiger charge is 2.06. The van der Waals surface area contributed by atoms with E-state index in [1.165, 1.54) is 0 Å². The van der Waals surface area contributed by atoms with Crippen molar-refractivity contribution >= 4 is 11.8 Å². The van der Waals surface area contributed by atoms with Crippen LogP contribution in [-0.4, -0.2) is 32.0 Å². The number of aromatic nitrogens is 4. The topological polar surface area (TPSA) is 69.6 Å². The maximum atomic E-state index is 5.44. The van der Waals surface area contributed by atoms with Crippen LogP contribution in [0.25, 0.3) is 0 Å². The van der Waals surface area contributed by atoms with Gasteiger partial charge in [0.15, 0.2) is 0 Å². The highest BCUT2D eigenvalue weighted by atomic mass is 32.2. The lowest BCUT2D eigenvalue weighted by atomic mass is 10.5. The standard InChI is InChI=1S/C5H11N5S/c1-4(3-6)11-5-7-8-9-10(5)2/h4H,3,6H2,1-2H3. The van der Waals surface area contributed by atoms with Gasteiger partial charge in [-0.05, 0) is 10.4 Å². The molecule has 6 heteroatoms. The van der Waals surface area contributed by atoms with E-state index in [2.05, 4.69) is 15.5 Å². The first kappa shape index (κ1) is 8.48. The fourth-order valence-corrected chi connectivity index (χ4v) is 1.28. The molecule has 11 heavy (non-hydrogen) atoms. The second-order valence-corrected chi connectivity index (χ2v) is 3.65. The summed E-state index contributed by atoms with van der Waals surface area (Å²) in [7, 11) is 1.81. The van der Waals surface area contributed by atoms with Gasteiger partial charge < -0.3 is 5.73 Å². The summed E-state index contributed by atoms with van der Waals surface area (Å²) < 4.78 is 1.64. The zero-order chi connectivity index (χ0) is 8.27. The fourth-order valence-electron chi connectivity index (χ4n) is 0.549. The average molecular weight is 173 g/mol. The smallest absolute Gasteiger partial charge is 0.209 e. The van der Waals surface area contributed by atoms with Crippen molar-refractivity contribution in [3.05, 3.63) is 0 Å². The fraction of sp³-hybridized carbons (Fsp3) is 0.800. The number of tetrazole rings is 1. The largest absolute Gasteiger partial charge is 0.329 e. The van der Waals surface area contributed by atoms with E-state index in [4.69, 9.17) is 5.73 Å². The molecule has 1 heterocycles. The van der Waals surface area contributed by atoms with Crippen LogP contribution in [-0.2, 0) is 7.05 Å². The van der Waals surface area contributed by atoms with E-state index in [0.717, 1.165) is 5.16 Å². The van der Waals surface area contributed by atoms with Crippen molar-refractivity contribution in [2.45, 2.75) is 17.3 Å². The van der Waals surface area contributed by atoms with Crippen LogP contribution in [0.1, 0.15) is 6.92 Å². The van der Waals surface area contributed by atoms with Crippen molar-refractivity contribution in [1.82, 2.24) is 20.2 Å². The van der Waals surface area contributed by atoms with Crippen LogP contribution in [0.2, 0.25) is 0 Å². The lowest BCUT2D eigenvalue weighted by molar-refractivity contribution is 0.663. The molecule has 1 unspecified atom stereocenters. The van der Waals surface area contributed by atoms with Crippen molar-refractivity contribution < 1.29 is 0 Å². The average Bonchev–Trinajstić information content (AvgIpc) is 2.37. The van der Waals surface area contributed by atoms with Gasteiger partial charge in [-0.25, -0.2) is 4.68 Å². The maximum Gasteiger partial charge on any atom is 0.209 e. The van der Waals surface area contributed by atoms with Gasteiger partial charge in [-0.15, -0.1) is 5.10 Å². The van der Waals surface area contributed by atoms with Crippen molar-refractivity contribution in [2.75, 3.05) is 6.54 Å². The normalized spacial score (nSPS) is 13.4. The Morgan fingerprint density at radius 3 is 2.91 bits per heavy atom. The van der Waals surface area contributed by atoms with E-state index in [0.29, 0.717) is 11.8 Å². The van der Waals surface area contributed by atoms with Crippen LogP contribution in [0, 0.1) is 0 Å². The van der Waals surface area contributed by atoms with Gasteiger partial charge in [-0.3, -0.25) is 0 Å². The zero-order valence-electron chi connectivity index (χ0n) is 6.56. The van der Waals surface area contributed by atoms with Gasteiger partial charge in [0.05, 0.1) is 0 Å². The number of thioether (sulfide) groups is 1. The van der Waals surface area contributed by atoms with Crippen molar-refractivity contribution in [2.24, 2.45) is 12.8 Å². The van der Waals surface area contributed by atoms with Gasteiger partial charge >= 0.3 is 0 Å². The van der Waals surface area contributed by atoms with Crippen molar-refractivity contribution in [3.63, 3.8) is 0 Å². The van der Waals surface area contributed by atoms with Gasteiger partial charge in [0, 0.05) is 18.8 Å². The molecule has 0 aliphatic carbocycles. The van der Waals surface area contributed by atoms with Gasteiger partial charge in [0.2, 0.25) is 5.16 Å². The third kappa shape index (κ3) is 2.16. The molecule has 0 fully saturated rings. The lowest BCUT2D eigenvalue weighted by Crippen LogP contribution is -2.13. The Kier molecular flexibility index (Phi) is 2.84. The first-order chi connectivity index (χ1) is 5.24. The molecule has 0 spiro atoms. The van der Waals surface area contributed by atoms with Crippen LogP contribution < -0.4 is 5.73 Å². The van der Waals surface area contributed by atoms with E-state index in [-0.39, 0.29) is 0 Å². The molecule has 1 aromatic rings. The highest BCUT2D eigenvalue weighted by molar-refractivity contribution is 7.99. The molecule has 62 valence electrons. The maximum absolute atomic E-state index is 5.44. The van der Waals surface area contributed by atoms with Crippen LogP contribution in [0.3, 0.4) is 0 Å². The first-order valence-corrected chi connectivity index (χ1v) is 4.21. The van der Waals surface area contributed by atoms with Gasteiger partial charge in [0.1, 0.15) is 0 Å². The first-order valence-electron chi connectivity index (χ1n) is 3.33. The molecular formula is C5H11N5S. The molecule has 2 N–H and O–H groups in total. The Bertz CT molecular complexity index is 222. The predicted octanol–water partition coefficient (Wildman–Crippen LogP) is -0.351. The number of nitrogens with zero attached hydrogens (tertiary/aromatic N) is 4. The van der Waals surface area contributed by atoms with Crippen LogP contribution >= 0.6 is 11.8 Å². The molecule has 0 radical (unpaired) electrons. The number of nitrogens with two attached hydrogens (primary N) is 1. The van der Waals surface area contributed by atoms with Crippen LogP contribution in [0.5, 0.6) is 0 Å². The summed E-state index contributed by atoms with van der Waals surface area (Å²) in [4.78, 5) is 0. The van der Waals surface area contributed by atoms with Gasteiger partial charge in [-0.1, -0.05) is 18.7 Å². The number of aryl methyl sites for hydroxylation is 1. The number of hydrogen-bond donors (Lipinski definition) is 1. The SMILES string of the molecule is CC(CN)Sc1nnnn1C. The molecule has 0 saturated carbocycles. The van der Waals surface area contributed by atoms with Crippen molar-refractivity contribution in [1.29, 1.82) is 0 Å². The van der Waals surface area contributed by atoms with Crippen LogP contribution in [0.4, 0.5) is 0 Å². The third-order valence-corrected chi connectivity index (χ3v) is 2.37. The minimum Gasteiger partial charge on any atom is -0.329 e. The zero-order valence-corrected chi connectivity index (χ0v) is 7.38. The number of hydrogen-bond acceptors (Lipinski definition) is 5. The molecule has 0 amide bonds. The summed E-state index contributed by atoms with van der Waals surface area (Å²) in [6.07, 6.45) is 0. The molecule has 5 nitrogen and oxygen atoms in total.